The molecule has 15 heavy (non-hydrogen) atoms. The molecule has 0 aromatic carbocycles. The van der Waals surface area contributed by atoms with Crippen molar-refractivity contribution in [1.29, 1.82) is 0 Å². The lowest BCUT2D eigenvalue weighted by Gasteiger charge is -2.13. The number of hydrogen-bond donors (Lipinski definition) is 3. The number of ketones is 1. The van der Waals surface area contributed by atoms with Gasteiger partial charge in [-0.15, -0.1) is 0 Å². The minimum absolute atomic E-state index is 0.279. The van der Waals surface area contributed by atoms with Gasteiger partial charge in [0.25, 0.3) is 5.78 Å². The number of Topliss-reactive ketones (excluding diaryl/α,β-unsaturated/α-hetero) is 1. The topological polar surface area (TPSA) is 106 Å². The minimum Gasteiger partial charge on any atom is -0.480 e. The van der Waals surface area contributed by atoms with Crippen LogP contribution >= 0.6 is 0 Å². The molecule has 5 N–H and O–H groups in total. The molecular weight excluding hydrogens is 217 g/mol. The van der Waals surface area contributed by atoms with Gasteiger partial charge in [0.2, 0.25) is 0 Å². The molecule has 0 saturated carbocycles. The monoisotopic (exact) mass is 228 g/mol. The molecule has 0 radical (unpaired) electrons. The number of halogens is 3. The van der Waals surface area contributed by atoms with E-state index in [-0.39, 0.29) is 6.42 Å². The van der Waals surface area contributed by atoms with E-state index in [1.807, 2.05) is 0 Å². The highest BCUT2D eigenvalue weighted by atomic mass is 19.4. The van der Waals surface area contributed by atoms with E-state index in [9.17, 15) is 22.8 Å². The van der Waals surface area contributed by atoms with Crippen molar-refractivity contribution in [2.24, 2.45) is 11.5 Å². The van der Waals surface area contributed by atoms with Gasteiger partial charge >= 0.3 is 12.1 Å². The SMILES string of the molecule is NC(CC[C@@H](N)C(=O)O)C(=O)C(F)(F)F. The van der Waals surface area contributed by atoms with Gasteiger partial charge in [-0.25, -0.2) is 0 Å². The summed E-state index contributed by atoms with van der Waals surface area (Å²) in [6.07, 6.45) is -5.68. The number of carboxylic acids is 1. The smallest absolute Gasteiger partial charge is 0.451 e. The second kappa shape index (κ2) is 5.08. The van der Waals surface area contributed by atoms with Crippen molar-refractivity contribution in [2.75, 3.05) is 0 Å². The van der Waals surface area contributed by atoms with Crippen LogP contribution in [-0.2, 0) is 9.59 Å². The Labute approximate surface area is 83.2 Å². The van der Waals surface area contributed by atoms with E-state index in [4.69, 9.17) is 16.6 Å². The highest BCUT2D eigenvalue weighted by Crippen LogP contribution is 2.18. The third kappa shape index (κ3) is 4.75. The lowest BCUT2D eigenvalue weighted by Crippen LogP contribution is -2.42. The molecule has 0 aliphatic heterocycles. The Hall–Kier alpha value is -1.15. The Kier molecular flexibility index (Phi) is 4.69. The molecule has 0 amide bonds. The van der Waals surface area contributed by atoms with Crippen LogP contribution in [0.4, 0.5) is 13.2 Å². The Bertz CT molecular complexity index is 254. The van der Waals surface area contributed by atoms with Crippen LogP contribution < -0.4 is 11.5 Å². The van der Waals surface area contributed by atoms with Crippen molar-refractivity contribution in [1.82, 2.24) is 0 Å². The maximum atomic E-state index is 11.8. The Balaban J connectivity index is 4.10. The van der Waals surface area contributed by atoms with Gasteiger partial charge in [-0.1, -0.05) is 0 Å². The molecule has 8 heteroatoms. The summed E-state index contributed by atoms with van der Waals surface area (Å²) in [7, 11) is 0. The fourth-order valence-corrected chi connectivity index (χ4v) is 0.824. The molecule has 0 bridgehead atoms. The zero-order chi connectivity index (χ0) is 12.2. The van der Waals surface area contributed by atoms with Crippen LogP contribution in [0.5, 0.6) is 0 Å². The molecule has 0 heterocycles. The quantitative estimate of drug-likeness (QED) is 0.595. The number of hydrogen-bond acceptors (Lipinski definition) is 4. The summed E-state index contributed by atoms with van der Waals surface area (Å²) >= 11 is 0. The summed E-state index contributed by atoms with van der Waals surface area (Å²) in [5.41, 5.74) is 9.96. The zero-order valence-corrected chi connectivity index (χ0v) is 7.62. The number of alkyl halides is 3. The average molecular weight is 228 g/mol. The van der Waals surface area contributed by atoms with Gasteiger partial charge in [-0.05, 0) is 12.8 Å². The van der Waals surface area contributed by atoms with Crippen molar-refractivity contribution in [3.05, 3.63) is 0 Å². The highest BCUT2D eigenvalue weighted by Gasteiger charge is 2.41. The van der Waals surface area contributed by atoms with Crippen LogP contribution in [0.2, 0.25) is 0 Å². The number of aliphatic carboxylic acids is 1. The fourth-order valence-electron chi connectivity index (χ4n) is 0.824. The van der Waals surface area contributed by atoms with E-state index < -0.39 is 36.4 Å². The van der Waals surface area contributed by atoms with E-state index in [0.717, 1.165) is 0 Å². The molecule has 0 aliphatic carbocycles. The first kappa shape index (κ1) is 13.8. The van der Waals surface area contributed by atoms with Gasteiger partial charge in [0.1, 0.15) is 6.04 Å². The number of carboxylic acid groups (broad SMARTS) is 1. The van der Waals surface area contributed by atoms with Gasteiger partial charge in [-0.2, -0.15) is 13.2 Å². The molecule has 1 unspecified atom stereocenters. The van der Waals surface area contributed by atoms with Crippen LogP contribution in [-0.4, -0.2) is 35.1 Å². The van der Waals surface area contributed by atoms with Crippen molar-refractivity contribution < 1.29 is 27.9 Å². The highest BCUT2D eigenvalue weighted by molar-refractivity contribution is 5.88. The lowest BCUT2D eigenvalue weighted by atomic mass is 10.0. The van der Waals surface area contributed by atoms with E-state index in [2.05, 4.69) is 0 Å². The normalized spacial score (nSPS) is 15.8. The number of carbonyl (C=O) groups excluding carboxylic acids is 1. The maximum Gasteiger partial charge on any atom is 0.451 e. The molecule has 88 valence electrons. The molecule has 0 rings (SSSR count). The Morgan fingerprint density at radius 3 is 1.87 bits per heavy atom. The fraction of sp³-hybridized carbons (Fsp3) is 0.714. The van der Waals surface area contributed by atoms with Crippen LogP contribution in [0, 0.1) is 0 Å². The summed E-state index contributed by atoms with van der Waals surface area (Å²) in [6.45, 7) is 0. The summed E-state index contributed by atoms with van der Waals surface area (Å²) in [5, 5.41) is 8.32. The number of rotatable bonds is 5. The van der Waals surface area contributed by atoms with E-state index >= 15 is 0 Å². The van der Waals surface area contributed by atoms with Crippen molar-refractivity contribution >= 4 is 11.8 Å². The first-order valence-electron chi connectivity index (χ1n) is 4.01. The maximum absolute atomic E-state index is 11.8. The average Bonchev–Trinajstić information content (AvgIpc) is 2.10. The van der Waals surface area contributed by atoms with Gasteiger partial charge in [-0.3, -0.25) is 9.59 Å². The molecule has 0 fully saturated rings. The summed E-state index contributed by atoms with van der Waals surface area (Å²) in [6, 6.07) is -3.06. The summed E-state index contributed by atoms with van der Waals surface area (Å²) in [4.78, 5) is 20.7. The second-order valence-electron chi connectivity index (χ2n) is 2.99. The van der Waals surface area contributed by atoms with Gasteiger partial charge < -0.3 is 16.6 Å². The predicted octanol–water partition coefficient (Wildman–Crippen LogP) is -0.363. The lowest BCUT2D eigenvalue weighted by molar-refractivity contribution is -0.172. The molecule has 0 aromatic heterocycles. The molecule has 2 atom stereocenters. The van der Waals surface area contributed by atoms with Crippen LogP contribution in [0.1, 0.15) is 12.8 Å². The molecule has 0 spiro atoms. The van der Waals surface area contributed by atoms with Crippen molar-refractivity contribution in [2.45, 2.75) is 31.1 Å². The second-order valence-corrected chi connectivity index (χ2v) is 2.99. The largest absolute Gasteiger partial charge is 0.480 e. The van der Waals surface area contributed by atoms with Gasteiger partial charge in [0.05, 0.1) is 6.04 Å². The van der Waals surface area contributed by atoms with Crippen LogP contribution in [0.15, 0.2) is 0 Å². The van der Waals surface area contributed by atoms with E-state index in [1.54, 1.807) is 0 Å². The summed E-state index contributed by atoms with van der Waals surface area (Å²) in [5.74, 6) is -3.42. The van der Waals surface area contributed by atoms with Crippen LogP contribution in [0.25, 0.3) is 0 Å². The summed E-state index contributed by atoms with van der Waals surface area (Å²) < 4.78 is 35.4. The van der Waals surface area contributed by atoms with Crippen molar-refractivity contribution in [3.8, 4) is 0 Å². The van der Waals surface area contributed by atoms with Crippen molar-refractivity contribution in [3.63, 3.8) is 0 Å². The number of carbonyl (C=O) groups is 2. The molecule has 0 aromatic rings. The zero-order valence-electron chi connectivity index (χ0n) is 7.62. The third-order valence-corrected chi connectivity index (χ3v) is 1.72. The van der Waals surface area contributed by atoms with Gasteiger partial charge in [0, 0.05) is 0 Å². The Morgan fingerprint density at radius 2 is 1.53 bits per heavy atom. The van der Waals surface area contributed by atoms with E-state index in [0.29, 0.717) is 0 Å². The predicted molar refractivity (Wildman–Crippen MR) is 43.9 cm³/mol. The standard InChI is InChI=1S/C7H11F3N2O3/c8-7(9,10)5(13)3(11)1-2-4(12)6(14)15/h3-4H,1-2,11-12H2,(H,14,15)/t3?,4-/m1/s1. The molecule has 0 aliphatic rings. The van der Waals surface area contributed by atoms with E-state index in [1.165, 1.54) is 0 Å². The molecular formula is C7H11F3N2O3. The first-order chi connectivity index (χ1) is 6.66. The first-order valence-corrected chi connectivity index (χ1v) is 4.01. The third-order valence-electron chi connectivity index (χ3n) is 1.72. The number of nitrogens with two attached hydrogens (primary N) is 2. The van der Waals surface area contributed by atoms with Gasteiger partial charge in [0.15, 0.2) is 0 Å². The molecule has 5 nitrogen and oxygen atoms in total. The molecule has 0 saturated heterocycles. The van der Waals surface area contributed by atoms with Crippen LogP contribution in [0.3, 0.4) is 0 Å². The minimum atomic E-state index is -4.99. The Morgan fingerprint density at radius 1 is 1.13 bits per heavy atom.